The van der Waals surface area contributed by atoms with Crippen molar-refractivity contribution in [2.75, 3.05) is 0 Å². The van der Waals surface area contributed by atoms with Crippen molar-refractivity contribution in [2.45, 2.75) is 18.9 Å². The van der Waals surface area contributed by atoms with Gasteiger partial charge < -0.3 is 0 Å². The zero-order chi connectivity index (χ0) is 11.1. The molecule has 1 heterocycles. The summed E-state index contributed by atoms with van der Waals surface area (Å²) in [6.07, 6.45) is 2.02. The maximum atomic E-state index is 12.8. The van der Waals surface area contributed by atoms with Crippen LogP contribution in [0.2, 0.25) is 0 Å². The lowest BCUT2D eigenvalue weighted by molar-refractivity contribution is 0.628. The second-order valence-corrected chi connectivity index (χ2v) is 3.96. The van der Waals surface area contributed by atoms with Crippen LogP contribution in [0, 0.1) is 5.82 Å². The highest BCUT2D eigenvalue weighted by molar-refractivity contribution is 5.54. The van der Waals surface area contributed by atoms with E-state index in [0.717, 1.165) is 18.4 Å². The van der Waals surface area contributed by atoms with Crippen LogP contribution in [0.4, 0.5) is 4.39 Å². The predicted molar refractivity (Wildman–Crippen MR) is 56.5 cm³/mol. The molecule has 1 N–H and O–H groups in total. The molecule has 1 aliphatic carbocycles. The minimum Gasteiger partial charge on any atom is -0.272 e. The van der Waals surface area contributed by atoms with Crippen LogP contribution in [-0.2, 0) is 0 Å². The van der Waals surface area contributed by atoms with Crippen molar-refractivity contribution in [1.82, 2.24) is 14.8 Å². The topological polar surface area (TPSA) is 50.7 Å². The van der Waals surface area contributed by atoms with Gasteiger partial charge in [-0.3, -0.25) is 4.57 Å². The summed E-state index contributed by atoms with van der Waals surface area (Å²) < 4.78 is 14.4. The summed E-state index contributed by atoms with van der Waals surface area (Å²) in [5, 5.41) is 6.42. The number of hydrogen-bond donors (Lipinski definition) is 1. The number of halogens is 1. The monoisotopic (exact) mass is 219 g/mol. The molecule has 1 fully saturated rings. The molecule has 1 aliphatic rings. The van der Waals surface area contributed by atoms with Crippen LogP contribution in [0.5, 0.6) is 0 Å². The molecule has 2 aromatic rings. The Bertz CT molecular complexity index is 566. The van der Waals surface area contributed by atoms with Crippen LogP contribution >= 0.6 is 0 Å². The Balaban J connectivity index is 2.12. The zero-order valence-corrected chi connectivity index (χ0v) is 8.48. The molecule has 0 radical (unpaired) electrons. The Morgan fingerprint density at radius 1 is 1.31 bits per heavy atom. The van der Waals surface area contributed by atoms with E-state index >= 15 is 0 Å². The molecule has 0 saturated heterocycles. The summed E-state index contributed by atoms with van der Waals surface area (Å²) >= 11 is 0. The van der Waals surface area contributed by atoms with Crippen LogP contribution in [-0.4, -0.2) is 14.8 Å². The first kappa shape index (κ1) is 9.33. The largest absolute Gasteiger partial charge is 0.343 e. The van der Waals surface area contributed by atoms with Gasteiger partial charge in [-0.05, 0) is 37.1 Å². The minimum atomic E-state index is -0.292. The van der Waals surface area contributed by atoms with E-state index in [0.29, 0.717) is 5.82 Å². The van der Waals surface area contributed by atoms with Crippen LogP contribution < -0.4 is 5.69 Å². The molecule has 0 atom stereocenters. The van der Waals surface area contributed by atoms with Gasteiger partial charge in [0.15, 0.2) is 5.82 Å². The SMILES string of the molecule is O=c1[nH]nc(-c2ccc(F)cc2)n1C1CC1. The van der Waals surface area contributed by atoms with Crippen molar-refractivity contribution in [3.63, 3.8) is 0 Å². The molecule has 0 unspecified atom stereocenters. The molecule has 0 spiro atoms. The number of H-pyrrole nitrogens is 1. The molecule has 0 amide bonds. The lowest BCUT2D eigenvalue weighted by Crippen LogP contribution is -2.16. The van der Waals surface area contributed by atoms with Gasteiger partial charge >= 0.3 is 5.69 Å². The van der Waals surface area contributed by atoms with Gasteiger partial charge in [-0.2, -0.15) is 5.10 Å². The smallest absolute Gasteiger partial charge is 0.272 e. The predicted octanol–water partition coefficient (Wildman–Crippen LogP) is 1.71. The number of nitrogens with zero attached hydrogens (tertiary/aromatic N) is 2. The zero-order valence-electron chi connectivity index (χ0n) is 8.48. The lowest BCUT2D eigenvalue weighted by atomic mass is 10.2. The third-order valence-corrected chi connectivity index (χ3v) is 2.72. The van der Waals surface area contributed by atoms with Crippen molar-refractivity contribution < 1.29 is 4.39 Å². The molecule has 1 aromatic carbocycles. The highest BCUT2D eigenvalue weighted by Gasteiger charge is 2.28. The van der Waals surface area contributed by atoms with E-state index in [2.05, 4.69) is 10.2 Å². The fraction of sp³-hybridized carbons (Fsp3) is 0.273. The van der Waals surface area contributed by atoms with E-state index < -0.39 is 0 Å². The molecule has 5 heteroatoms. The summed E-state index contributed by atoms with van der Waals surface area (Å²) in [7, 11) is 0. The van der Waals surface area contributed by atoms with E-state index in [9.17, 15) is 9.18 Å². The van der Waals surface area contributed by atoms with Crippen molar-refractivity contribution in [3.05, 3.63) is 40.6 Å². The van der Waals surface area contributed by atoms with Gasteiger partial charge in [0.25, 0.3) is 0 Å². The van der Waals surface area contributed by atoms with Crippen molar-refractivity contribution in [1.29, 1.82) is 0 Å². The maximum absolute atomic E-state index is 12.8. The average Bonchev–Trinajstić information content (AvgIpc) is 3.04. The van der Waals surface area contributed by atoms with Crippen LogP contribution in [0.1, 0.15) is 18.9 Å². The van der Waals surface area contributed by atoms with Crippen molar-refractivity contribution in [3.8, 4) is 11.4 Å². The van der Waals surface area contributed by atoms with Gasteiger partial charge in [0.1, 0.15) is 5.82 Å². The first-order valence-corrected chi connectivity index (χ1v) is 5.18. The number of aromatic amines is 1. The highest BCUT2D eigenvalue weighted by atomic mass is 19.1. The molecular weight excluding hydrogens is 209 g/mol. The second kappa shape index (κ2) is 3.30. The standard InChI is InChI=1S/C11H10FN3O/c12-8-3-1-7(2-4-8)10-13-14-11(16)15(10)9-5-6-9/h1-4,9H,5-6H2,(H,14,16). The Morgan fingerprint density at radius 3 is 2.62 bits per heavy atom. The van der Waals surface area contributed by atoms with Crippen molar-refractivity contribution in [2.24, 2.45) is 0 Å². The fourth-order valence-electron chi connectivity index (χ4n) is 1.78. The van der Waals surface area contributed by atoms with Crippen LogP contribution in [0.25, 0.3) is 11.4 Å². The molecule has 1 aromatic heterocycles. The molecule has 3 rings (SSSR count). The fourth-order valence-corrected chi connectivity index (χ4v) is 1.78. The van der Waals surface area contributed by atoms with Crippen LogP contribution in [0.3, 0.4) is 0 Å². The van der Waals surface area contributed by atoms with E-state index in [4.69, 9.17) is 0 Å². The third kappa shape index (κ3) is 1.44. The molecule has 0 aliphatic heterocycles. The Labute approximate surface area is 90.7 Å². The Kier molecular flexibility index (Phi) is 1.92. The normalized spacial score (nSPS) is 15.3. The van der Waals surface area contributed by atoms with Gasteiger partial charge in [-0.15, -0.1) is 0 Å². The van der Waals surface area contributed by atoms with Crippen molar-refractivity contribution >= 4 is 0 Å². The molecule has 0 bridgehead atoms. The summed E-state index contributed by atoms with van der Waals surface area (Å²) in [4.78, 5) is 11.5. The minimum absolute atomic E-state index is 0.193. The van der Waals surface area contributed by atoms with Gasteiger partial charge in [-0.25, -0.2) is 14.3 Å². The summed E-state index contributed by atoms with van der Waals surface area (Å²) in [5.41, 5.74) is 0.563. The van der Waals surface area contributed by atoms with E-state index in [1.807, 2.05) is 0 Å². The van der Waals surface area contributed by atoms with E-state index in [-0.39, 0.29) is 17.5 Å². The molecule has 82 valence electrons. The summed E-state index contributed by atoms with van der Waals surface area (Å²) in [6, 6.07) is 6.25. The van der Waals surface area contributed by atoms with Gasteiger partial charge in [-0.1, -0.05) is 0 Å². The third-order valence-electron chi connectivity index (χ3n) is 2.72. The molecule has 16 heavy (non-hydrogen) atoms. The van der Waals surface area contributed by atoms with E-state index in [1.54, 1.807) is 16.7 Å². The summed E-state index contributed by atoms with van der Waals surface area (Å²) in [6.45, 7) is 0. The lowest BCUT2D eigenvalue weighted by Gasteiger charge is -2.03. The first-order chi connectivity index (χ1) is 7.75. The number of aromatic nitrogens is 3. The number of nitrogens with one attached hydrogen (secondary N) is 1. The van der Waals surface area contributed by atoms with E-state index in [1.165, 1.54) is 12.1 Å². The number of rotatable bonds is 2. The van der Waals surface area contributed by atoms with Gasteiger partial charge in [0.2, 0.25) is 0 Å². The molecule has 1 saturated carbocycles. The molecule has 4 nitrogen and oxygen atoms in total. The Hall–Kier alpha value is -1.91. The summed E-state index contributed by atoms with van der Waals surface area (Å²) in [5.74, 6) is 0.298. The average molecular weight is 219 g/mol. The first-order valence-electron chi connectivity index (χ1n) is 5.18. The Morgan fingerprint density at radius 2 is 2.00 bits per heavy atom. The highest BCUT2D eigenvalue weighted by Crippen LogP contribution is 2.36. The quantitative estimate of drug-likeness (QED) is 0.835. The second-order valence-electron chi connectivity index (χ2n) is 3.96. The van der Waals surface area contributed by atoms with Crippen LogP contribution in [0.15, 0.2) is 29.1 Å². The maximum Gasteiger partial charge on any atom is 0.343 e. The van der Waals surface area contributed by atoms with Gasteiger partial charge in [0.05, 0.1) is 0 Å². The number of benzene rings is 1. The number of hydrogen-bond acceptors (Lipinski definition) is 2. The molecular formula is C11H10FN3O. The van der Waals surface area contributed by atoms with Gasteiger partial charge in [0, 0.05) is 11.6 Å².